The van der Waals surface area contributed by atoms with E-state index in [-0.39, 0.29) is 0 Å². The highest BCUT2D eigenvalue weighted by Gasteiger charge is 2.06. The summed E-state index contributed by atoms with van der Waals surface area (Å²) in [5.41, 5.74) is 6.18. The Labute approximate surface area is 93.3 Å². The Bertz CT molecular complexity index is 350. The van der Waals surface area contributed by atoms with E-state index < -0.39 is 0 Å². The van der Waals surface area contributed by atoms with Crippen LogP contribution in [-0.2, 0) is 0 Å². The molecule has 0 spiro atoms. The summed E-state index contributed by atoms with van der Waals surface area (Å²) in [6.07, 6.45) is 3.64. The van der Waals surface area contributed by atoms with Gasteiger partial charge in [-0.3, -0.25) is 0 Å². The number of hydrogen-bond donors (Lipinski definition) is 1. The second kappa shape index (κ2) is 5.25. The minimum atomic E-state index is 0.466. The average molecular weight is 232 g/mol. The fourth-order valence-corrected chi connectivity index (χ4v) is 1.70. The lowest BCUT2D eigenvalue weighted by atomic mass is 10.2. The van der Waals surface area contributed by atoms with E-state index in [4.69, 9.17) is 33.7 Å². The Morgan fingerprint density at radius 2 is 2.14 bits per heavy atom. The zero-order chi connectivity index (χ0) is 10.6. The Balaban J connectivity index is 3.18. The van der Waals surface area contributed by atoms with Crippen LogP contribution < -0.4 is 10.5 Å². The molecule has 1 aromatic carbocycles. The van der Waals surface area contributed by atoms with Gasteiger partial charge in [-0.2, -0.15) is 0 Å². The summed E-state index contributed by atoms with van der Waals surface area (Å²) in [6, 6.07) is 3.42. The molecular weight excluding hydrogens is 221 g/mol. The van der Waals surface area contributed by atoms with Crippen molar-refractivity contribution < 1.29 is 4.74 Å². The van der Waals surface area contributed by atoms with Crippen molar-refractivity contribution in [3.63, 3.8) is 0 Å². The molecule has 14 heavy (non-hydrogen) atoms. The quantitative estimate of drug-likeness (QED) is 0.869. The summed E-state index contributed by atoms with van der Waals surface area (Å²) in [6.45, 7) is 0.466. The van der Waals surface area contributed by atoms with Crippen LogP contribution >= 0.6 is 23.2 Å². The Morgan fingerprint density at radius 1 is 1.43 bits per heavy atom. The zero-order valence-corrected chi connectivity index (χ0v) is 9.27. The predicted molar refractivity (Wildman–Crippen MR) is 61.1 cm³/mol. The molecule has 0 saturated carbocycles. The first-order valence-electron chi connectivity index (χ1n) is 4.08. The monoisotopic (exact) mass is 231 g/mol. The number of rotatable bonds is 3. The maximum Gasteiger partial charge on any atom is 0.144 e. The van der Waals surface area contributed by atoms with Gasteiger partial charge in [0.1, 0.15) is 5.75 Å². The first-order chi connectivity index (χ1) is 6.69. The molecule has 2 N–H and O–H groups in total. The van der Waals surface area contributed by atoms with Crippen molar-refractivity contribution >= 4 is 29.3 Å². The third-order valence-electron chi connectivity index (χ3n) is 1.67. The number of methoxy groups -OCH3 is 1. The maximum atomic E-state index is 5.94. The largest absolute Gasteiger partial charge is 0.495 e. The first kappa shape index (κ1) is 11.4. The van der Waals surface area contributed by atoms with E-state index in [1.54, 1.807) is 19.2 Å². The van der Waals surface area contributed by atoms with E-state index in [1.165, 1.54) is 0 Å². The van der Waals surface area contributed by atoms with Crippen LogP contribution in [0.15, 0.2) is 18.2 Å². The van der Waals surface area contributed by atoms with Crippen LogP contribution in [0.3, 0.4) is 0 Å². The van der Waals surface area contributed by atoms with Gasteiger partial charge >= 0.3 is 0 Å². The molecule has 0 aliphatic heterocycles. The van der Waals surface area contributed by atoms with Gasteiger partial charge in [-0.25, -0.2) is 0 Å². The fourth-order valence-electron chi connectivity index (χ4n) is 1.11. The van der Waals surface area contributed by atoms with Gasteiger partial charge in [0.2, 0.25) is 0 Å². The number of nitrogens with two attached hydrogens (primary N) is 1. The third-order valence-corrected chi connectivity index (χ3v) is 2.17. The Hall–Kier alpha value is -0.700. The number of ether oxygens (including phenoxy) is 1. The molecule has 0 fully saturated rings. The van der Waals surface area contributed by atoms with Crippen molar-refractivity contribution in [2.24, 2.45) is 5.73 Å². The summed E-state index contributed by atoms with van der Waals surface area (Å²) in [5, 5.41) is 1.07. The van der Waals surface area contributed by atoms with Crippen molar-refractivity contribution in [2.75, 3.05) is 13.7 Å². The molecule has 0 aliphatic rings. The molecule has 2 nitrogen and oxygen atoms in total. The van der Waals surface area contributed by atoms with Crippen LogP contribution in [0.5, 0.6) is 5.75 Å². The summed E-state index contributed by atoms with van der Waals surface area (Å²) in [7, 11) is 1.56. The van der Waals surface area contributed by atoms with Crippen molar-refractivity contribution in [3.8, 4) is 5.75 Å². The molecule has 0 amide bonds. The van der Waals surface area contributed by atoms with E-state index in [2.05, 4.69) is 0 Å². The topological polar surface area (TPSA) is 35.2 Å². The highest BCUT2D eigenvalue weighted by molar-refractivity contribution is 6.35. The van der Waals surface area contributed by atoms with E-state index in [1.807, 2.05) is 12.2 Å². The van der Waals surface area contributed by atoms with Crippen molar-refractivity contribution in [3.05, 3.63) is 33.8 Å². The van der Waals surface area contributed by atoms with Gasteiger partial charge in [0.05, 0.1) is 12.1 Å². The van der Waals surface area contributed by atoms with Crippen LogP contribution in [0.25, 0.3) is 6.08 Å². The minimum absolute atomic E-state index is 0.466. The molecule has 0 atom stereocenters. The maximum absolute atomic E-state index is 5.94. The van der Waals surface area contributed by atoms with E-state index in [9.17, 15) is 0 Å². The van der Waals surface area contributed by atoms with Gasteiger partial charge in [0.15, 0.2) is 0 Å². The summed E-state index contributed by atoms with van der Waals surface area (Å²) < 4.78 is 5.15. The van der Waals surface area contributed by atoms with Crippen molar-refractivity contribution in [1.29, 1.82) is 0 Å². The Morgan fingerprint density at radius 3 is 2.71 bits per heavy atom. The highest BCUT2D eigenvalue weighted by atomic mass is 35.5. The molecule has 0 saturated heterocycles. The molecule has 4 heteroatoms. The zero-order valence-electron chi connectivity index (χ0n) is 7.76. The third kappa shape index (κ3) is 2.64. The highest BCUT2D eigenvalue weighted by Crippen LogP contribution is 2.32. The normalized spacial score (nSPS) is 10.9. The average Bonchev–Trinajstić information content (AvgIpc) is 2.14. The molecular formula is C10H11Cl2NO. The van der Waals surface area contributed by atoms with Crippen LogP contribution in [0, 0.1) is 0 Å². The molecule has 0 aliphatic carbocycles. The molecule has 0 radical (unpaired) electrons. The smallest absolute Gasteiger partial charge is 0.144 e. The summed E-state index contributed by atoms with van der Waals surface area (Å²) in [4.78, 5) is 0. The number of hydrogen-bond acceptors (Lipinski definition) is 2. The minimum Gasteiger partial charge on any atom is -0.495 e. The van der Waals surface area contributed by atoms with Crippen molar-refractivity contribution in [1.82, 2.24) is 0 Å². The molecule has 1 aromatic rings. The number of halogens is 2. The Kier molecular flexibility index (Phi) is 4.26. The fraction of sp³-hybridized carbons (Fsp3) is 0.200. The van der Waals surface area contributed by atoms with Crippen LogP contribution in [0.4, 0.5) is 0 Å². The molecule has 0 aromatic heterocycles. The van der Waals surface area contributed by atoms with E-state index in [0.29, 0.717) is 22.3 Å². The second-order valence-electron chi connectivity index (χ2n) is 2.65. The molecule has 0 bridgehead atoms. The lowest BCUT2D eigenvalue weighted by Gasteiger charge is -2.07. The number of benzene rings is 1. The van der Waals surface area contributed by atoms with Gasteiger partial charge < -0.3 is 10.5 Å². The standard InChI is InChI=1S/C10H11Cl2NO/c1-14-10-7(3-2-4-13)5-8(11)6-9(10)12/h2-3,5-6H,4,13H2,1H3/b3-2+. The lowest BCUT2D eigenvalue weighted by molar-refractivity contribution is 0.414. The van der Waals surface area contributed by atoms with Crippen molar-refractivity contribution in [2.45, 2.75) is 0 Å². The summed E-state index contributed by atoms with van der Waals surface area (Å²) >= 11 is 11.8. The molecule has 76 valence electrons. The van der Waals surface area contributed by atoms with Gasteiger partial charge in [0, 0.05) is 17.1 Å². The SMILES string of the molecule is COc1c(Cl)cc(Cl)cc1/C=C/CN. The molecule has 0 unspecified atom stereocenters. The molecule has 0 heterocycles. The second-order valence-corrected chi connectivity index (χ2v) is 3.49. The van der Waals surface area contributed by atoms with Gasteiger partial charge in [-0.1, -0.05) is 35.4 Å². The van der Waals surface area contributed by atoms with E-state index in [0.717, 1.165) is 5.56 Å². The van der Waals surface area contributed by atoms with Crippen LogP contribution in [0.2, 0.25) is 10.0 Å². The van der Waals surface area contributed by atoms with E-state index >= 15 is 0 Å². The lowest BCUT2D eigenvalue weighted by Crippen LogP contribution is -1.93. The van der Waals surface area contributed by atoms with Gasteiger partial charge in [0.25, 0.3) is 0 Å². The molecule has 1 rings (SSSR count). The van der Waals surface area contributed by atoms with Gasteiger partial charge in [-0.15, -0.1) is 0 Å². The van der Waals surface area contributed by atoms with Crippen LogP contribution in [-0.4, -0.2) is 13.7 Å². The van der Waals surface area contributed by atoms with Crippen LogP contribution in [0.1, 0.15) is 5.56 Å². The first-order valence-corrected chi connectivity index (χ1v) is 4.84. The van der Waals surface area contributed by atoms with Gasteiger partial charge in [-0.05, 0) is 12.1 Å². The summed E-state index contributed by atoms with van der Waals surface area (Å²) in [5.74, 6) is 0.612. The predicted octanol–water partition coefficient (Wildman–Crippen LogP) is 2.97.